The zero-order valence-electron chi connectivity index (χ0n) is 23.9. The summed E-state index contributed by atoms with van der Waals surface area (Å²) >= 11 is 0. The molecule has 2 saturated heterocycles. The van der Waals surface area contributed by atoms with Crippen LogP contribution in [0, 0.1) is 11.8 Å². The first-order chi connectivity index (χ1) is 20.6. The van der Waals surface area contributed by atoms with Gasteiger partial charge in [0.1, 0.15) is 6.10 Å². The molecule has 0 aromatic heterocycles. The van der Waals surface area contributed by atoms with Crippen molar-refractivity contribution < 1.29 is 28.8 Å². The van der Waals surface area contributed by atoms with Gasteiger partial charge in [-0.3, -0.25) is 0 Å². The molecule has 0 amide bonds. The van der Waals surface area contributed by atoms with Gasteiger partial charge in [0.2, 0.25) is 0 Å². The van der Waals surface area contributed by atoms with Crippen molar-refractivity contribution in [3.63, 3.8) is 0 Å². The lowest BCUT2D eigenvalue weighted by Gasteiger charge is -2.27. The van der Waals surface area contributed by atoms with Crippen LogP contribution >= 0.6 is 0 Å². The molecule has 1 N–H and O–H groups in total. The van der Waals surface area contributed by atoms with E-state index in [0.717, 1.165) is 49.8 Å². The summed E-state index contributed by atoms with van der Waals surface area (Å²) < 4.78 is 24.3. The Morgan fingerprint density at radius 3 is 2.40 bits per heavy atom. The van der Waals surface area contributed by atoms with E-state index in [1.807, 2.05) is 60.7 Å². The van der Waals surface area contributed by atoms with Gasteiger partial charge in [-0.05, 0) is 66.8 Å². The topological polar surface area (TPSA) is 74.2 Å². The van der Waals surface area contributed by atoms with E-state index in [1.54, 1.807) is 0 Å². The van der Waals surface area contributed by atoms with Crippen molar-refractivity contribution in [2.24, 2.45) is 11.8 Å². The second kappa shape index (κ2) is 13.8. The fraction of sp³-hybridized carbons (Fsp3) is 0.417. The number of benzene rings is 3. The molecule has 2 heterocycles. The van der Waals surface area contributed by atoms with Crippen molar-refractivity contribution in [2.45, 2.75) is 75.8 Å². The molecule has 6 nitrogen and oxygen atoms in total. The van der Waals surface area contributed by atoms with E-state index >= 15 is 0 Å². The number of aliphatic hydroxyl groups is 1. The first-order valence-corrected chi connectivity index (χ1v) is 15.3. The third kappa shape index (κ3) is 7.19. The number of aliphatic hydroxyl groups excluding tert-OH is 1. The summed E-state index contributed by atoms with van der Waals surface area (Å²) in [6.07, 6.45) is 8.52. The molecule has 0 radical (unpaired) electrons. The third-order valence-electron chi connectivity index (χ3n) is 8.73. The summed E-state index contributed by atoms with van der Waals surface area (Å²) in [5.74, 6) is -0.337. The number of hydrogen-bond acceptors (Lipinski definition) is 6. The SMILES string of the molecule is O=C(O[C@@H]1C[C@@H]2OC(O)C[C@@H]2[C@H]1C=C[C@H](CCc1ccccc1)OC1CCCCO1)c1ccc(-c2ccccc2)cc1. The van der Waals surface area contributed by atoms with Crippen LogP contribution in [0.15, 0.2) is 97.1 Å². The molecule has 3 aromatic rings. The van der Waals surface area contributed by atoms with Gasteiger partial charge in [-0.1, -0.05) is 84.9 Å². The quantitative estimate of drug-likeness (QED) is 0.216. The van der Waals surface area contributed by atoms with Crippen LogP contribution in [-0.4, -0.2) is 48.6 Å². The summed E-state index contributed by atoms with van der Waals surface area (Å²) in [5, 5.41) is 10.2. The average Bonchev–Trinajstić information content (AvgIpc) is 3.55. The zero-order valence-corrected chi connectivity index (χ0v) is 23.9. The normalized spacial score (nSPS) is 28.0. The first kappa shape index (κ1) is 28.8. The number of fused-ring (bicyclic) bond motifs is 1. The van der Waals surface area contributed by atoms with Crippen LogP contribution in [0.1, 0.15) is 54.4 Å². The molecule has 0 spiro atoms. The summed E-state index contributed by atoms with van der Waals surface area (Å²) in [4.78, 5) is 13.3. The predicted octanol–water partition coefficient (Wildman–Crippen LogP) is 6.72. The zero-order chi connectivity index (χ0) is 28.7. The third-order valence-corrected chi connectivity index (χ3v) is 8.73. The van der Waals surface area contributed by atoms with E-state index in [2.05, 4.69) is 36.4 Å². The van der Waals surface area contributed by atoms with E-state index < -0.39 is 6.29 Å². The van der Waals surface area contributed by atoms with Gasteiger partial charge >= 0.3 is 5.97 Å². The fourth-order valence-electron chi connectivity index (χ4n) is 6.50. The highest BCUT2D eigenvalue weighted by molar-refractivity contribution is 5.90. The van der Waals surface area contributed by atoms with Crippen LogP contribution in [0.3, 0.4) is 0 Å². The maximum Gasteiger partial charge on any atom is 0.338 e. The predicted molar refractivity (Wildman–Crippen MR) is 161 cm³/mol. The van der Waals surface area contributed by atoms with Crippen LogP contribution in [0.4, 0.5) is 0 Å². The van der Waals surface area contributed by atoms with Crippen molar-refractivity contribution in [1.29, 1.82) is 0 Å². The molecule has 1 aliphatic carbocycles. The second-order valence-corrected chi connectivity index (χ2v) is 11.6. The Kier molecular flexibility index (Phi) is 9.46. The highest BCUT2D eigenvalue weighted by atomic mass is 16.7. The Morgan fingerprint density at radius 2 is 1.67 bits per heavy atom. The molecular weight excluding hydrogens is 528 g/mol. The average molecular weight is 569 g/mol. The molecule has 3 fully saturated rings. The molecule has 2 unspecified atom stereocenters. The van der Waals surface area contributed by atoms with E-state index in [9.17, 15) is 9.90 Å². The lowest BCUT2D eigenvalue weighted by molar-refractivity contribution is -0.179. The Labute approximate surface area is 248 Å². The van der Waals surface area contributed by atoms with Crippen LogP contribution in [-0.2, 0) is 25.4 Å². The molecule has 42 heavy (non-hydrogen) atoms. The Morgan fingerprint density at radius 1 is 0.929 bits per heavy atom. The number of ether oxygens (including phenoxy) is 4. The van der Waals surface area contributed by atoms with Gasteiger partial charge < -0.3 is 24.1 Å². The molecule has 3 aromatic carbocycles. The summed E-state index contributed by atoms with van der Waals surface area (Å²) in [6.45, 7) is 0.728. The Hall–Kier alpha value is -3.29. The number of carbonyl (C=O) groups is 1. The molecule has 0 bridgehead atoms. The van der Waals surface area contributed by atoms with E-state index in [4.69, 9.17) is 18.9 Å². The van der Waals surface area contributed by atoms with Crippen molar-refractivity contribution in [3.05, 3.63) is 108 Å². The highest BCUT2D eigenvalue weighted by Crippen LogP contribution is 2.45. The second-order valence-electron chi connectivity index (χ2n) is 11.6. The van der Waals surface area contributed by atoms with Crippen LogP contribution < -0.4 is 0 Å². The van der Waals surface area contributed by atoms with Gasteiger partial charge in [-0.25, -0.2) is 4.79 Å². The smallest absolute Gasteiger partial charge is 0.338 e. The van der Waals surface area contributed by atoms with Gasteiger partial charge in [0.15, 0.2) is 12.6 Å². The summed E-state index contributed by atoms with van der Waals surface area (Å²) in [7, 11) is 0. The van der Waals surface area contributed by atoms with Crippen molar-refractivity contribution in [1.82, 2.24) is 0 Å². The monoisotopic (exact) mass is 568 g/mol. The van der Waals surface area contributed by atoms with Crippen molar-refractivity contribution in [2.75, 3.05) is 6.61 Å². The largest absolute Gasteiger partial charge is 0.458 e. The van der Waals surface area contributed by atoms with Crippen LogP contribution in [0.2, 0.25) is 0 Å². The maximum absolute atomic E-state index is 13.3. The number of aryl methyl sites for hydroxylation is 1. The number of rotatable bonds is 10. The van der Waals surface area contributed by atoms with Crippen molar-refractivity contribution in [3.8, 4) is 11.1 Å². The highest BCUT2D eigenvalue weighted by Gasteiger charge is 2.50. The molecule has 6 heteroatoms. The molecule has 7 atom stereocenters. The Bertz CT molecular complexity index is 1300. The molecule has 2 aliphatic heterocycles. The van der Waals surface area contributed by atoms with Gasteiger partial charge in [0, 0.05) is 25.4 Å². The van der Waals surface area contributed by atoms with Crippen LogP contribution in [0.5, 0.6) is 0 Å². The van der Waals surface area contributed by atoms with Gasteiger partial charge in [0.25, 0.3) is 0 Å². The number of hydrogen-bond donors (Lipinski definition) is 1. The molecule has 220 valence electrons. The van der Waals surface area contributed by atoms with Gasteiger partial charge in [0.05, 0.1) is 17.8 Å². The standard InChI is InChI=1S/C36H40O6/c37-34-23-31-30(21-20-29(40-35-13-7-8-22-39-35)19-14-25-9-3-1-4-10-25)32(24-33(31)41-34)42-36(38)28-17-15-27(16-18-28)26-11-5-2-6-12-26/h1-6,9-12,15-18,20-21,29-35,37H,7-8,13-14,19,22-24H2/t29-,30+,31+,32+,33-,34?,35?/m0/s1. The maximum atomic E-state index is 13.3. The van der Waals surface area contributed by atoms with Gasteiger partial charge in [-0.15, -0.1) is 0 Å². The molecule has 6 rings (SSSR count). The summed E-state index contributed by atoms with van der Waals surface area (Å²) in [5.41, 5.74) is 3.94. The Balaban J connectivity index is 1.16. The lowest BCUT2D eigenvalue weighted by atomic mass is 9.90. The fourth-order valence-corrected chi connectivity index (χ4v) is 6.50. The van der Waals surface area contributed by atoms with Crippen LogP contribution in [0.25, 0.3) is 11.1 Å². The van der Waals surface area contributed by atoms with Gasteiger partial charge in [-0.2, -0.15) is 0 Å². The van der Waals surface area contributed by atoms with Crippen molar-refractivity contribution >= 4 is 5.97 Å². The minimum absolute atomic E-state index is 0.0743. The number of esters is 1. The molecule has 3 aliphatic rings. The number of carbonyl (C=O) groups excluding carboxylic acids is 1. The minimum Gasteiger partial charge on any atom is -0.458 e. The van der Waals surface area contributed by atoms with E-state index in [0.29, 0.717) is 18.4 Å². The minimum atomic E-state index is -0.779. The molecule has 1 saturated carbocycles. The van der Waals surface area contributed by atoms with E-state index in [-0.39, 0.29) is 42.4 Å². The summed E-state index contributed by atoms with van der Waals surface area (Å²) in [6, 6.07) is 28.1. The first-order valence-electron chi connectivity index (χ1n) is 15.3. The molecular formula is C36H40O6. The lowest BCUT2D eigenvalue weighted by Crippen LogP contribution is -2.28. The van der Waals surface area contributed by atoms with E-state index in [1.165, 1.54) is 5.56 Å².